The van der Waals surface area contributed by atoms with Crippen molar-refractivity contribution in [1.29, 1.82) is 0 Å². The molecule has 5 nitrogen and oxygen atoms in total. The molecule has 0 bridgehead atoms. The third-order valence-electron chi connectivity index (χ3n) is 2.45. The van der Waals surface area contributed by atoms with Crippen LogP contribution in [-0.2, 0) is 22.4 Å². The third-order valence-corrected chi connectivity index (χ3v) is 2.45. The van der Waals surface area contributed by atoms with Crippen LogP contribution in [0.1, 0.15) is 36.3 Å². The monoisotopic (exact) mass is 240 g/mol. The van der Waals surface area contributed by atoms with Gasteiger partial charge in [0, 0.05) is 19.3 Å². The molecule has 1 heterocycles. The Morgan fingerprint density at radius 3 is 2.41 bits per heavy atom. The molecule has 0 amide bonds. The van der Waals surface area contributed by atoms with Gasteiger partial charge in [-0.1, -0.05) is 0 Å². The summed E-state index contributed by atoms with van der Waals surface area (Å²) >= 11 is 0. The predicted octanol–water partition coefficient (Wildman–Crippen LogP) is 2.01. The van der Waals surface area contributed by atoms with E-state index in [1.165, 1.54) is 0 Å². The maximum atomic E-state index is 10.4. The number of carbonyl (C=O) groups is 2. The smallest absolute Gasteiger partial charge is 0.303 e. The van der Waals surface area contributed by atoms with Gasteiger partial charge in [0.05, 0.1) is 6.42 Å². The highest BCUT2D eigenvalue weighted by molar-refractivity contribution is 5.67. The largest absolute Gasteiger partial charge is 0.481 e. The fraction of sp³-hybridized carbons (Fsp3) is 0.500. The Hall–Kier alpha value is -1.78. The molecule has 0 aromatic carbocycles. The second-order valence-corrected chi connectivity index (χ2v) is 3.96. The van der Waals surface area contributed by atoms with Crippen LogP contribution >= 0.6 is 0 Å². The Kier molecular flexibility index (Phi) is 4.75. The van der Waals surface area contributed by atoms with Crippen molar-refractivity contribution < 1.29 is 24.2 Å². The van der Waals surface area contributed by atoms with Crippen LogP contribution in [0.3, 0.4) is 0 Å². The maximum absolute atomic E-state index is 10.4. The van der Waals surface area contributed by atoms with E-state index in [1.807, 2.05) is 13.0 Å². The number of carboxylic acid groups (broad SMARTS) is 2. The molecule has 0 saturated carbocycles. The lowest BCUT2D eigenvalue weighted by Gasteiger charge is -1.96. The summed E-state index contributed by atoms with van der Waals surface area (Å²) in [7, 11) is 0. The van der Waals surface area contributed by atoms with E-state index in [-0.39, 0.29) is 12.8 Å². The summed E-state index contributed by atoms with van der Waals surface area (Å²) < 4.78 is 5.49. The molecule has 0 aliphatic carbocycles. The van der Waals surface area contributed by atoms with Crippen molar-refractivity contribution in [2.24, 2.45) is 0 Å². The van der Waals surface area contributed by atoms with E-state index >= 15 is 0 Å². The van der Waals surface area contributed by atoms with Crippen LogP contribution in [0.15, 0.2) is 10.5 Å². The Labute approximate surface area is 99.1 Å². The van der Waals surface area contributed by atoms with Crippen molar-refractivity contribution >= 4 is 11.9 Å². The Balaban J connectivity index is 2.49. The molecular formula is C12H16O5. The summed E-state index contributed by atoms with van der Waals surface area (Å²) in [5, 5.41) is 17.1. The van der Waals surface area contributed by atoms with Gasteiger partial charge < -0.3 is 14.6 Å². The van der Waals surface area contributed by atoms with Crippen LogP contribution in [0.5, 0.6) is 0 Å². The van der Waals surface area contributed by atoms with Gasteiger partial charge >= 0.3 is 11.9 Å². The van der Waals surface area contributed by atoms with E-state index in [9.17, 15) is 9.59 Å². The van der Waals surface area contributed by atoms with Crippen LogP contribution in [0.2, 0.25) is 0 Å². The lowest BCUT2D eigenvalue weighted by Crippen LogP contribution is -1.97. The van der Waals surface area contributed by atoms with E-state index in [1.54, 1.807) is 0 Å². The van der Waals surface area contributed by atoms with E-state index in [0.717, 1.165) is 11.3 Å². The zero-order valence-corrected chi connectivity index (χ0v) is 9.73. The van der Waals surface area contributed by atoms with Crippen molar-refractivity contribution in [2.75, 3.05) is 0 Å². The van der Waals surface area contributed by atoms with E-state index in [2.05, 4.69) is 0 Å². The minimum Gasteiger partial charge on any atom is -0.481 e. The average molecular weight is 240 g/mol. The van der Waals surface area contributed by atoms with E-state index in [0.29, 0.717) is 25.0 Å². The zero-order chi connectivity index (χ0) is 12.8. The molecule has 17 heavy (non-hydrogen) atoms. The maximum Gasteiger partial charge on any atom is 0.303 e. The average Bonchev–Trinajstić information content (AvgIpc) is 2.55. The SMILES string of the molecule is Cc1cc(CCCC(=O)O)oc1CCC(=O)O. The van der Waals surface area contributed by atoms with Gasteiger partial charge in [0.15, 0.2) is 0 Å². The van der Waals surface area contributed by atoms with E-state index < -0.39 is 11.9 Å². The number of aliphatic carboxylic acids is 2. The Morgan fingerprint density at radius 2 is 1.82 bits per heavy atom. The third kappa shape index (κ3) is 4.72. The van der Waals surface area contributed by atoms with Gasteiger partial charge in [0.1, 0.15) is 11.5 Å². The first-order valence-electron chi connectivity index (χ1n) is 5.51. The fourth-order valence-corrected chi connectivity index (χ4v) is 1.60. The molecule has 1 aromatic heterocycles. The normalized spacial score (nSPS) is 10.4. The molecule has 0 spiro atoms. The number of carboxylic acids is 2. The summed E-state index contributed by atoms with van der Waals surface area (Å²) in [6.45, 7) is 1.86. The minimum absolute atomic E-state index is 0.0446. The number of furan rings is 1. The first-order valence-corrected chi connectivity index (χ1v) is 5.51. The van der Waals surface area contributed by atoms with Crippen LogP contribution in [0.25, 0.3) is 0 Å². The molecule has 5 heteroatoms. The van der Waals surface area contributed by atoms with Crippen molar-refractivity contribution in [3.63, 3.8) is 0 Å². The van der Waals surface area contributed by atoms with Gasteiger partial charge in [-0.25, -0.2) is 0 Å². The topological polar surface area (TPSA) is 87.7 Å². The first kappa shape index (κ1) is 13.3. The quantitative estimate of drug-likeness (QED) is 0.761. The van der Waals surface area contributed by atoms with Gasteiger partial charge in [0.2, 0.25) is 0 Å². The molecule has 0 radical (unpaired) electrons. The number of hydrogen-bond acceptors (Lipinski definition) is 3. The van der Waals surface area contributed by atoms with Gasteiger partial charge in [-0.15, -0.1) is 0 Å². The summed E-state index contributed by atoms with van der Waals surface area (Å²) in [4.78, 5) is 20.8. The van der Waals surface area contributed by atoms with Crippen molar-refractivity contribution in [3.8, 4) is 0 Å². The molecule has 1 rings (SSSR count). The highest BCUT2D eigenvalue weighted by Crippen LogP contribution is 2.18. The van der Waals surface area contributed by atoms with Gasteiger partial charge in [-0.2, -0.15) is 0 Å². The fourth-order valence-electron chi connectivity index (χ4n) is 1.60. The van der Waals surface area contributed by atoms with Gasteiger partial charge in [-0.3, -0.25) is 9.59 Å². The lowest BCUT2D eigenvalue weighted by molar-refractivity contribution is -0.138. The number of hydrogen-bond donors (Lipinski definition) is 2. The van der Waals surface area contributed by atoms with Crippen LogP contribution in [0, 0.1) is 6.92 Å². The van der Waals surface area contributed by atoms with Gasteiger partial charge in [0.25, 0.3) is 0 Å². The van der Waals surface area contributed by atoms with Crippen molar-refractivity contribution in [1.82, 2.24) is 0 Å². The summed E-state index contributed by atoms with van der Waals surface area (Å²) in [6.07, 6.45) is 1.63. The number of rotatable bonds is 7. The Bertz CT molecular complexity index is 405. The van der Waals surface area contributed by atoms with Crippen LogP contribution < -0.4 is 0 Å². The second-order valence-electron chi connectivity index (χ2n) is 3.96. The molecule has 94 valence electrons. The Morgan fingerprint density at radius 1 is 1.18 bits per heavy atom. The molecule has 0 saturated heterocycles. The van der Waals surface area contributed by atoms with Crippen molar-refractivity contribution in [2.45, 2.75) is 39.0 Å². The summed E-state index contributed by atoms with van der Waals surface area (Å²) in [5.41, 5.74) is 0.927. The zero-order valence-electron chi connectivity index (χ0n) is 9.73. The highest BCUT2D eigenvalue weighted by Gasteiger charge is 2.09. The molecule has 0 atom stereocenters. The molecule has 0 aliphatic heterocycles. The van der Waals surface area contributed by atoms with Crippen LogP contribution in [0.4, 0.5) is 0 Å². The summed E-state index contributed by atoms with van der Waals surface area (Å²) in [6, 6.07) is 1.85. The second kappa shape index (κ2) is 6.08. The van der Waals surface area contributed by atoms with Crippen molar-refractivity contribution in [3.05, 3.63) is 23.2 Å². The molecule has 0 fully saturated rings. The molecule has 1 aromatic rings. The first-order chi connectivity index (χ1) is 7.99. The van der Waals surface area contributed by atoms with Gasteiger partial charge in [-0.05, 0) is 25.0 Å². The minimum atomic E-state index is -0.853. The molecule has 2 N–H and O–H groups in total. The number of aryl methyl sites for hydroxylation is 3. The predicted molar refractivity (Wildman–Crippen MR) is 60.0 cm³/mol. The molecular weight excluding hydrogens is 224 g/mol. The highest BCUT2D eigenvalue weighted by atomic mass is 16.4. The molecule has 0 aliphatic rings. The molecule has 0 unspecified atom stereocenters. The lowest BCUT2D eigenvalue weighted by atomic mass is 10.1. The van der Waals surface area contributed by atoms with E-state index in [4.69, 9.17) is 14.6 Å². The summed E-state index contributed by atoms with van der Waals surface area (Å²) in [5.74, 6) is -0.269. The standard InChI is InChI=1S/C12H16O5/c1-8-7-9(3-2-4-11(13)14)17-10(8)5-6-12(15)16/h7H,2-6H2,1H3,(H,13,14)(H,15,16). The van der Waals surface area contributed by atoms with Crippen LogP contribution in [-0.4, -0.2) is 22.2 Å².